The highest BCUT2D eigenvalue weighted by molar-refractivity contribution is 7.92. The maximum atomic E-state index is 13.7. The zero-order chi connectivity index (χ0) is 27.5. The van der Waals surface area contributed by atoms with Gasteiger partial charge < -0.3 is 4.74 Å². The van der Waals surface area contributed by atoms with Crippen LogP contribution in [0.2, 0.25) is 5.02 Å². The van der Waals surface area contributed by atoms with Crippen LogP contribution < -0.4 is 14.8 Å². The van der Waals surface area contributed by atoms with Gasteiger partial charge in [0.15, 0.2) is 5.82 Å². The summed E-state index contributed by atoms with van der Waals surface area (Å²) in [6, 6.07) is 13.4. The smallest absolute Gasteiger partial charge is 0.439 e. The number of anilines is 1. The van der Waals surface area contributed by atoms with Crippen molar-refractivity contribution < 1.29 is 30.8 Å². The van der Waals surface area contributed by atoms with Crippen LogP contribution in [0.5, 0.6) is 5.75 Å². The number of H-pyrrole nitrogens is 1. The molecule has 0 atom stereocenters. The molecule has 1 N–H and O–H groups in total. The third-order valence-electron chi connectivity index (χ3n) is 5.91. The van der Waals surface area contributed by atoms with E-state index in [1.165, 1.54) is 34.6 Å². The Kier molecular flexibility index (Phi) is 6.07. The zero-order valence-electron chi connectivity index (χ0n) is 19.8. The summed E-state index contributed by atoms with van der Waals surface area (Å²) in [7, 11) is -4.13. The van der Waals surface area contributed by atoms with Crippen molar-refractivity contribution in [2.24, 2.45) is 0 Å². The Hall–Kier alpha value is -3.77. The van der Waals surface area contributed by atoms with Gasteiger partial charge in [-0.25, -0.2) is 13.2 Å². The molecule has 0 unspecified atom stereocenters. The van der Waals surface area contributed by atoms with Crippen LogP contribution in [0.1, 0.15) is 19.4 Å². The molecule has 0 saturated carbocycles. The second-order valence-corrected chi connectivity index (χ2v) is 11.5. The second-order valence-electron chi connectivity index (χ2n) is 9.22. The molecule has 2 heterocycles. The number of ether oxygens (including phenoxy) is 1. The molecule has 0 amide bonds. The van der Waals surface area contributed by atoms with E-state index in [1.54, 1.807) is 32.0 Å². The average Bonchev–Trinajstić information content (AvgIpc) is 3.27. The summed E-state index contributed by atoms with van der Waals surface area (Å²) in [4.78, 5) is 13.5. The number of aromatic amines is 1. The first-order valence-corrected chi connectivity index (χ1v) is 13.0. The summed E-state index contributed by atoms with van der Waals surface area (Å²) in [5.74, 6) is -0.474. The Morgan fingerprint density at radius 1 is 1.03 bits per heavy atom. The van der Waals surface area contributed by atoms with E-state index < -0.39 is 33.1 Å². The molecular formula is C25H19ClF3N3O5S. The number of fused-ring (bicyclic) bond motifs is 1. The number of nitrogens with one attached hydrogen (secondary N) is 1. The van der Waals surface area contributed by atoms with Crippen molar-refractivity contribution in [1.82, 2.24) is 10.1 Å². The van der Waals surface area contributed by atoms with Crippen molar-refractivity contribution in [3.05, 3.63) is 81.8 Å². The van der Waals surface area contributed by atoms with Gasteiger partial charge in [-0.2, -0.15) is 13.2 Å². The van der Waals surface area contributed by atoms with Gasteiger partial charge in [-0.15, -0.1) is 0 Å². The Balaban J connectivity index is 1.53. The summed E-state index contributed by atoms with van der Waals surface area (Å²) in [6.45, 7) is 3.43. The number of halogens is 4. The number of nitrogens with zero attached hydrogens (tertiary/aromatic N) is 2. The molecule has 198 valence electrons. The van der Waals surface area contributed by atoms with Gasteiger partial charge in [0.2, 0.25) is 0 Å². The minimum atomic E-state index is -4.45. The summed E-state index contributed by atoms with van der Waals surface area (Å²) >= 11 is 6.32. The first-order chi connectivity index (χ1) is 17.7. The Bertz CT molecular complexity index is 1700. The topological polar surface area (TPSA) is 106 Å². The molecule has 38 heavy (non-hydrogen) atoms. The van der Waals surface area contributed by atoms with E-state index in [9.17, 15) is 26.4 Å². The maximum Gasteiger partial charge on any atom is 0.439 e. The van der Waals surface area contributed by atoms with E-state index in [1.807, 2.05) is 0 Å². The number of hydrogen-bond acceptors (Lipinski definition) is 6. The highest BCUT2D eigenvalue weighted by Gasteiger charge is 2.39. The van der Waals surface area contributed by atoms with E-state index >= 15 is 0 Å². The Morgan fingerprint density at radius 2 is 1.71 bits per heavy atom. The molecule has 5 rings (SSSR count). The molecule has 0 fully saturated rings. The summed E-state index contributed by atoms with van der Waals surface area (Å²) < 4.78 is 78.1. The van der Waals surface area contributed by atoms with E-state index in [4.69, 9.17) is 16.3 Å². The highest BCUT2D eigenvalue weighted by atomic mass is 35.5. The molecule has 0 spiro atoms. The minimum absolute atomic E-state index is 0.0159. The van der Waals surface area contributed by atoms with Gasteiger partial charge in [-0.3, -0.25) is 13.8 Å². The fourth-order valence-corrected chi connectivity index (χ4v) is 6.12. The molecule has 13 heteroatoms. The fraction of sp³-hybridized carbons (Fsp3) is 0.200. The number of sulfonamides is 1. The predicted octanol–water partition coefficient (Wildman–Crippen LogP) is 5.74. The van der Waals surface area contributed by atoms with Crippen LogP contribution in [0.25, 0.3) is 22.5 Å². The molecule has 1 aliphatic rings. The number of alkyl halides is 3. The van der Waals surface area contributed by atoms with Gasteiger partial charge in [0.1, 0.15) is 11.4 Å². The van der Waals surface area contributed by atoms with E-state index in [0.717, 1.165) is 12.1 Å². The number of rotatable bonds is 4. The lowest BCUT2D eigenvalue weighted by Crippen LogP contribution is -2.49. The van der Waals surface area contributed by atoms with Crippen LogP contribution in [-0.2, 0) is 16.2 Å². The van der Waals surface area contributed by atoms with Gasteiger partial charge >= 0.3 is 11.9 Å². The third-order valence-corrected chi connectivity index (χ3v) is 7.98. The average molecular weight is 566 g/mol. The number of benzene rings is 3. The van der Waals surface area contributed by atoms with Crippen LogP contribution in [-0.4, -0.2) is 30.7 Å². The molecule has 0 aliphatic carbocycles. The first-order valence-electron chi connectivity index (χ1n) is 11.1. The molecule has 8 nitrogen and oxygen atoms in total. The highest BCUT2D eigenvalue weighted by Crippen LogP contribution is 2.43. The van der Waals surface area contributed by atoms with Crippen LogP contribution in [0, 0.1) is 0 Å². The van der Waals surface area contributed by atoms with Crippen molar-refractivity contribution in [2.75, 3.05) is 10.8 Å². The van der Waals surface area contributed by atoms with Crippen LogP contribution in [0.3, 0.4) is 0 Å². The molecule has 1 aromatic heterocycles. The molecule has 1 aliphatic heterocycles. The predicted molar refractivity (Wildman–Crippen MR) is 134 cm³/mol. The summed E-state index contributed by atoms with van der Waals surface area (Å²) in [5.41, 5.74) is -0.0882. The summed E-state index contributed by atoms with van der Waals surface area (Å²) in [6.07, 6.45) is -4.45. The largest absolute Gasteiger partial charge is 0.484 e. The molecule has 0 radical (unpaired) electrons. The lowest BCUT2D eigenvalue weighted by atomic mass is 10.0. The maximum absolute atomic E-state index is 13.7. The van der Waals surface area contributed by atoms with E-state index in [0.29, 0.717) is 11.1 Å². The monoisotopic (exact) mass is 565 g/mol. The van der Waals surface area contributed by atoms with Gasteiger partial charge in [0.25, 0.3) is 10.0 Å². The molecule has 0 bridgehead atoms. The number of aromatic nitrogens is 2. The fourth-order valence-electron chi connectivity index (χ4n) is 4.13. The quantitative estimate of drug-likeness (QED) is 0.338. The van der Waals surface area contributed by atoms with Crippen LogP contribution in [0.15, 0.2) is 74.9 Å². The number of hydrogen-bond donors (Lipinski definition) is 1. The lowest BCUT2D eigenvalue weighted by molar-refractivity contribution is -0.137. The van der Waals surface area contributed by atoms with Gasteiger partial charge in [-0.05, 0) is 67.4 Å². The van der Waals surface area contributed by atoms with E-state index in [2.05, 4.69) is 14.7 Å². The van der Waals surface area contributed by atoms with Crippen molar-refractivity contribution >= 4 is 27.3 Å². The molecular weight excluding hydrogens is 547 g/mol. The zero-order valence-corrected chi connectivity index (χ0v) is 21.4. The van der Waals surface area contributed by atoms with Crippen molar-refractivity contribution in [1.29, 1.82) is 0 Å². The van der Waals surface area contributed by atoms with Gasteiger partial charge in [-0.1, -0.05) is 35.0 Å². The van der Waals surface area contributed by atoms with Crippen LogP contribution in [0.4, 0.5) is 18.9 Å². The SMILES string of the molecule is CC1(C)CN(S(=O)(=O)c2ccc(-c3noc(=O)[nH]3)c(Cl)c2)c2ccc(-c3ccc(C(F)(F)F)cc3)cc2O1. The van der Waals surface area contributed by atoms with Crippen LogP contribution >= 0.6 is 11.6 Å². The Labute approximate surface area is 219 Å². The van der Waals surface area contributed by atoms with Crippen molar-refractivity contribution in [3.63, 3.8) is 0 Å². The summed E-state index contributed by atoms with van der Waals surface area (Å²) in [5, 5.41) is 3.60. The van der Waals surface area contributed by atoms with Gasteiger partial charge in [0, 0.05) is 5.56 Å². The van der Waals surface area contributed by atoms with Crippen molar-refractivity contribution in [2.45, 2.75) is 30.5 Å². The van der Waals surface area contributed by atoms with Gasteiger partial charge in [0.05, 0.1) is 27.7 Å². The molecule has 0 saturated heterocycles. The first kappa shape index (κ1) is 25.9. The molecule has 4 aromatic rings. The minimum Gasteiger partial charge on any atom is -0.484 e. The second kappa shape index (κ2) is 8.91. The van der Waals surface area contributed by atoms with E-state index in [-0.39, 0.29) is 39.3 Å². The standard InChI is InChI=1S/C25H19ClF3N3O5S/c1-24(2)13-32(38(34,35)17-8-9-18(19(26)12-17)22-30-23(33)37-31-22)20-10-5-15(11-21(20)36-24)14-3-6-16(7-4-14)25(27,28)29/h3-12H,13H2,1-2H3,(H,30,31,33). The van der Waals surface area contributed by atoms with Crippen molar-refractivity contribution in [3.8, 4) is 28.3 Å². The molecule has 3 aromatic carbocycles. The third kappa shape index (κ3) is 4.76. The lowest BCUT2D eigenvalue weighted by Gasteiger charge is -2.40. The normalized spacial score (nSPS) is 15.2. The Morgan fingerprint density at radius 3 is 2.32 bits per heavy atom.